The lowest BCUT2D eigenvalue weighted by atomic mass is 10.1. The normalized spacial score (nSPS) is 10.4. The van der Waals surface area contributed by atoms with Crippen molar-refractivity contribution >= 4 is 17.2 Å². The highest BCUT2D eigenvalue weighted by molar-refractivity contribution is 7.10. The third kappa shape index (κ3) is 1.63. The lowest BCUT2D eigenvalue weighted by Crippen LogP contribution is -1.91. The lowest BCUT2D eigenvalue weighted by Gasteiger charge is -2.03. The van der Waals surface area contributed by atoms with Crippen molar-refractivity contribution in [2.24, 2.45) is 0 Å². The third-order valence-electron chi connectivity index (χ3n) is 2.17. The van der Waals surface area contributed by atoms with Gasteiger partial charge in [-0.2, -0.15) is 0 Å². The molecule has 0 aliphatic rings. The highest BCUT2D eigenvalue weighted by Gasteiger charge is 2.04. The Hall–Kier alpha value is -1.35. The van der Waals surface area contributed by atoms with Gasteiger partial charge in [-0.1, -0.05) is 0 Å². The average molecular weight is 204 g/mol. The Morgan fingerprint density at radius 2 is 2.07 bits per heavy atom. The number of hydrogen-bond acceptors (Lipinski definition) is 3. The summed E-state index contributed by atoms with van der Waals surface area (Å²) in [6.45, 7) is 4.16. The van der Waals surface area contributed by atoms with Crippen LogP contribution in [0.5, 0.6) is 0 Å². The molecule has 0 unspecified atom stereocenters. The monoisotopic (exact) mass is 204 g/mol. The van der Waals surface area contributed by atoms with E-state index >= 15 is 0 Å². The molecule has 0 aliphatic heterocycles. The summed E-state index contributed by atoms with van der Waals surface area (Å²) in [5.41, 5.74) is 9.18. The smallest absolute Gasteiger partial charge is 0.123 e. The highest BCUT2D eigenvalue weighted by atomic mass is 32.1. The van der Waals surface area contributed by atoms with Crippen molar-refractivity contribution in [2.45, 2.75) is 13.8 Å². The van der Waals surface area contributed by atoms with Gasteiger partial charge in [0.25, 0.3) is 0 Å². The first-order chi connectivity index (χ1) is 6.66. The standard InChI is InChI=1S/C11H12N2S/c1-7-3-11(12)13-5-10(7)9-4-8(2)14-6-9/h3-6H,1-2H3,(H2,12,13). The SMILES string of the molecule is Cc1cc(-c2cnc(N)cc2C)cs1. The largest absolute Gasteiger partial charge is 0.384 e. The second kappa shape index (κ2) is 3.42. The van der Waals surface area contributed by atoms with Crippen LogP contribution >= 0.6 is 11.3 Å². The number of nitrogen functional groups attached to an aromatic ring is 1. The second-order valence-electron chi connectivity index (χ2n) is 3.37. The fraction of sp³-hybridized carbons (Fsp3) is 0.182. The van der Waals surface area contributed by atoms with E-state index in [2.05, 4.69) is 30.3 Å². The van der Waals surface area contributed by atoms with Crippen LogP contribution in [0.1, 0.15) is 10.4 Å². The Morgan fingerprint density at radius 1 is 1.29 bits per heavy atom. The summed E-state index contributed by atoms with van der Waals surface area (Å²) >= 11 is 1.75. The van der Waals surface area contributed by atoms with Crippen LogP contribution in [0.4, 0.5) is 5.82 Å². The Balaban J connectivity index is 2.52. The van der Waals surface area contributed by atoms with Gasteiger partial charge in [-0.3, -0.25) is 0 Å². The average Bonchev–Trinajstić information content (AvgIpc) is 2.51. The van der Waals surface area contributed by atoms with E-state index in [1.54, 1.807) is 11.3 Å². The Bertz CT molecular complexity index is 460. The van der Waals surface area contributed by atoms with E-state index < -0.39 is 0 Å². The number of nitrogens with zero attached hydrogens (tertiary/aromatic N) is 1. The number of thiophene rings is 1. The maximum absolute atomic E-state index is 5.60. The van der Waals surface area contributed by atoms with Gasteiger partial charge in [0.2, 0.25) is 0 Å². The Morgan fingerprint density at radius 3 is 2.64 bits per heavy atom. The van der Waals surface area contributed by atoms with Crippen molar-refractivity contribution in [1.82, 2.24) is 4.98 Å². The Labute approximate surface area is 87.4 Å². The van der Waals surface area contributed by atoms with Gasteiger partial charge >= 0.3 is 0 Å². The zero-order chi connectivity index (χ0) is 10.1. The molecule has 14 heavy (non-hydrogen) atoms. The van der Waals surface area contributed by atoms with Crippen LogP contribution in [0.3, 0.4) is 0 Å². The molecule has 0 radical (unpaired) electrons. The molecule has 2 aromatic heterocycles. The van der Waals surface area contributed by atoms with Crippen molar-refractivity contribution in [1.29, 1.82) is 0 Å². The second-order valence-corrected chi connectivity index (χ2v) is 4.49. The number of rotatable bonds is 1. The molecule has 0 amide bonds. The van der Waals surface area contributed by atoms with Gasteiger partial charge in [0.05, 0.1) is 0 Å². The van der Waals surface area contributed by atoms with Gasteiger partial charge in [-0.05, 0) is 42.5 Å². The summed E-state index contributed by atoms with van der Waals surface area (Å²) < 4.78 is 0. The fourth-order valence-electron chi connectivity index (χ4n) is 1.46. The summed E-state index contributed by atoms with van der Waals surface area (Å²) in [4.78, 5) is 5.42. The zero-order valence-corrected chi connectivity index (χ0v) is 9.06. The van der Waals surface area contributed by atoms with Crippen molar-refractivity contribution < 1.29 is 0 Å². The van der Waals surface area contributed by atoms with Crippen LogP contribution in [0.25, 0.3) is 11.1 Å². The van der Waals surface area contributed by atoms with E-state index in [0.717, 1.165) is 0 Å². The van der Waals surface area contributed by atoms with Gasteiger partial charge in [-0.25, -0.2) is 4.98 Å². The lowest BCUT2D eigenvalue weighted by molar-refractivity contribution is 1.30. The molecule has 0 bridgehead atoms. The summed E-state index contributed by atoms with van der Waals surface area (Å²) in [6.07, 6.45) is 1.84. The fourth-order valence-corrected chi connectivity index (χ4v) is 2.17. The summed E-state index contributed by atoms with van der Waals surface area (Å²) in [5.74, 6) is 0.582. The molecule has 2 nitrogen and oxygen atoms in total. The number of anilines is 1. The predicted octanol–water partition coefficient (Wildman–Crippen LogP) is 3.01. The van der Waals surface area contributed by atoms with E-state index in [-0.39, 0.29) is 0 Å². The summed E-state index contributed by atoms with van der Waals surface area (Å²) in [7, 11) is 0. The molecule has 0 fully saturated rings. The predicted molar refractivity (Wildman–Crippen MR) is 61.4 cm³/mol. The topological polar surface area (TPSA) is 38.9 Å². The minimum Gasteiger partial charge on any atom is -0.384 e. The first-order valence-corrected chi connectivity index (χ1v) is 5.32. The summed E-state index contributed by atoms with van der Waals surface area (Å²) in [6, 6.07) is 4.08. The number of hydrogen-bond donors (Lipinski definition) is 1. The van der Waals surface area contributed by atoms with E-state index in [1.807, 2.05) is 12.3 Å². The number of nitrogens with two attached hydrogens (primary N) is 1. The maximum Gasteiger partial charge on any atom is 0.123 e. The van der Waals surface area contributed by atoms with Crippen molar-refractivity contribution in [3.63, 3.8) is 0 Å². The highest BCUT2D eigenvalue weighted by Crippen LogP contribution is 2.27. The molecule has 0 aromatic carbocycles. The van der Waals surface area contributed by atoms with E-state index in [1.165, 1.54) is 21.6 Å². The molecule has 0 aliphatic carbocycles. The van der Waals surface area contributed by atoms with Gasteiger partial charge in [0, 0.05) is 16.6 Å². The first-order valence-electron chi connectivity index (χ1n) is 4.44. The molecule has 2 heterocycles. The molecular weight excluding hydrogens is 192 g/mol. The van der Waals surface area contributed by atoms with E-state index in [9.17, 15) is 0 Å². The van der Waals surface area contributed by atoms with Gasteiger partial charge < -0.3 is 5.73 Å². The molecule has 2 N–H and O–H groups in total. The molecular formula is C11H12N2S. The third-order valence-corrected chi connectivity index (χ3v) is 3.03. The maximum atomic E-state index is 5.60. The van der Waals surface area contributed by atoms with Crippen LogP contribution in [0, 0.1) is 13.8 Å². The molecule has 72 valence electrons. The van der Waals surface area contributed by atoms with Crippen molar-refractivity contribution in [3.8, 4) is 11.1 Å². The van der Waals surface area contributed by atoms with Crippen LogP contribution in [-0.2, 0) is 0 Å². The van der Waals surface area contributed by atoms with E-state index in [4.69, 9.17) is 5.73 Å². The van der Waals surface area contributed by atoms with Crippen LogP contribution in [0.15, 0.2) is 23.7 Å². The number of pyridine rings is 1. The minimum atomic E-state index is 0.582. The molecule has 0 spiro atoms. The number of aryl methyl sites for hydroxylation is 2. The first kappa shape index (κ1) is 9.21. The molecule has 0 saturated carbocycles. The molecule has 3 heteroatoms. The van der Waals surface area contributed by atoms with Crippen molar-refractivity contribution in [3.05, 3.63) is 34.2 Å². The van der Waals surface area contributed by atoms with Gasteiger partial charge in [-0.15, -0.1) is 11.3 Å². The molecule has 0 atom stereocenters. The van der Waals surface area contributed by atoms with Crippen molar-refractivity contribution in [2.75, 3.05) is 5.73 Å². The zero-order valence-electron chi connectivity index (χ0n) is 8.24. The van der Waals surface area contributed by atoms with Crippen LogP contribution in [0.2, 0.25) is 0 Å². The Kier molecular flexibility index (Phi) is 2.25. The van der Waals surface area contributed by atoms with Crippen LogP contribution < -0.4 is 5.73 Å². The minimum absolute atomic E-state index is 0.582. The molecule has 0 saturated heterocycles. The summed E-state index contributed by atoms with van der Waals surface area (Å²) in [5, 5.41) is 2.15. The molecule has 2 rings (SSSR count). The van der Waals surface area contributed by atoms with Gasteiger partial charge in [0.15, 0.2) is 0 Å². The molecule has 2 aromatic rings. The van der Waals surface area contributed by atoms with Gasteiger partial charge in [0.1, 0.15) is 5.82 Å². The number of aromatic nitrogens is 1. The van der Waals surface area contributed by atoms with E-state index in [0.29, 0.717) is 5.82 Å². The quantitative estimate of drug-likeness (QED) is 0.775. The van der Waals surface area contributed by atoms with Crippen LogP contribution in [-0.4, -0.2) is 4.98 Å².